The molecule has 0 aromatic heterocycles. The summed E-state index contributed by atoms with van der Waals surface area (Å²) >= 11 is 0. The van der Waals surface area contributed by atoms with Crippen molar-refractivity contribution in [2.45, 2.75) is 437 Å². The lowest BCUT2D eigenvalue weighted by Crippen LogP contribution is -2.30. The van der Waals surface area contributed by atoms with Crippen LogP contribution in [0.25, 0.3) is 0 Å². The predicted molar refractivity (Wildman–Crippen MR) is 509 cm³/mol. The molecular weight excluding hydrogens is 1560 g/mol. The summed E-state index contributed by atoms with van der Waals surface area (Å²) < 4.78 is 61.6. The van der Waals surface area contributed by atoms with E-state index in [0.717, 1.165) is 167 Å². The monoisotopic (exact) mass is 1730 g/mol. The molecule has 5 atom stereocenters. The second-order valence-corrected chi connectivity index (χ2v) is 35.4. The van der Waals surface area contributed by atoms with Crippen LogP contribution in [0.5, 0.6) is 0 Å². The van der Waals surface area contributed by atoms with Crippen LogP contribution < -0.4 is 0 Å². The van der Waals surface area contributed by atoms with E-state index in [9.17, 15) is 43.5 Å². The average molecular weight is 1730 g/mol. The van der Waals surface area contributed by atoms with Gasteiger partial charge >= 0.3 is 33.6 Å². The molecule has 0 saturated carbocycles. The van der Waals surface area contributed by atoms with Gasteiger partial charge in [0.05, 0.1) is 26.4 Å². The second kappa shape index (κ2) is 94.3. The number of allylic oxidation sites excluding steroid dienone is 26. The number of rotatable bonds is 92. The summed E-state index contributed by atoms with van der Waals surface area (Å²) in [6.07, 6.45) is 121. The van der Waals surface area contributed by atoms with Crippen molar-refractivity contribution in [3.8, 4) is 0 Å². The number of unbranched alkanes of at least 4 members (excludes halogenated alkanes) is 43. The number of esters is 3. The molecule has 18 heteroatoms. The predicted octanol–water partition coefficient (Wildman–Crippen LogP) is 30.5. The number of ether oxygens (including phenoxy) is 3. The molecule has 0 bridgehead atoms. The van der Waals surface area contributed by atoms with Gasteiger partial charge < -0.3 is 34.2 Å². The smallest absolute Gasteiger partial charge is 0.463 e. The van der Waals surface area contributed by atoms with Crippen molar-refractivity contribution in [3.63, 3.8) is 0 Å². The number of phosphoric ester groups is 2. The van der Waals surface area contributed by atoms with Gasteiger partial charge in [0, 0.05) is 19.3 Å². The molecule has 16 nitrogen and oxygen atoms in total. The molecule has 0 aliphatic heterocycles. The maximum Gasteiger partial charge on any atom is 0.472 e. The van der Waals surface area contributed by atoms with Crippen LogP contribution in [0.4, 0.5) is 0 Å². The van der Waals surface area contributed by atoms with Crippen LogP contribution in [-0.2, 0) is 55.8 Å². The Morgan fingerprint density at radius 1 is 0.240 bits per heavy atom. The highest BCUT2D eigenvalue weighted by Gasteiger charge is 2.30. The number of phosphoric acid groups is 2. The van der Waals surface area contributed by atoms with E-state index in [-0.39, 0.29) is 19.3 Å². The topological polar surface area (TPSA) is 231 Å². The van der Waals surface area contributed by atoms with Gasteiger partial charge in [0.1, 0.15) is 25.4 Å². The van der Waals surface area contributed by atoms with Crippen LogP contribution in [0.1, 0.15) is 419 Å². The SMILES string of the molecule is CC/C=C\C/C=C\C/C=C\C/C=C\C/C=C\CCCCCCCCCCCCCCCCCCCC(=O)OCC(O)COP(=O)(O)OCC(O)COP(=O)(O)OCC(COC(=O)CCCCCCCCCCCCCCC/C=C\C/C=C\C/C=C\C/C=C\CCCCC)OC(=O)CCCCCCCCC/C=C\C/C=C\C/C=C\C/C=C\CCCCC. The van der Waals surface area contributed by atoms with Crippen molar-refractivity contribution in [1.29, 1.82) is 0 Å². The molecule has 0 heterocycles. The Balaban J connectivity index is 4.58. The number of aliphatic hydroxyl groups excluding tert-OH is 2. The molecule has 0 aromatic rings. The third kappa shape index (κ3) is 95.7. The Labute approximate surface area is 740 Å². The normalized spacial score (nSPS) is 14.4. The minimum absolute atomic E-state index is 0.0897. The molecule has 0 saturated heterocycles. The Kier molecular flexibility index (Phi) is 90.5. The van der Waals surface area contributed by atoms with Crippen molar-refractivity contribution in [2.24, 2.45) is 0 Å². The summed E-state index contributed by atoms with van der Waals surface area (Å²) in [5.41, 5.74) is 0. The molecule has 0 spiro atoms. The highest BCUT2D eigenvalue weighted by Crippen LogP contribution is 2.45. The first kappa shape index (κ1) is 116. The highest BCUT2D eigenvalue weighted by molar-refractivity contribution is 7.47. The van der Waals surface area contributed by atoms with Gasteiger partial charge in [-0.2, -0.15) is 0 Å². The highest BCUT2D eigenvalue weighted by atomic mass is 31.2. The van der Waals surface area contributed by atoms with Gasteiger partial charge in [0.25, 0.3) is 0 Å². The molecule has 5 unspecified atom stereocenters. The van der Waals surface area contributed by atoms with Gasteiger partial charge in [-0.25, -0.2) is 9.13 Å². The number of aliphatic hydroxyl groups is 2. The van der Waals surface area contributed by atoms with Gasteiger partial charge in [-0.05, 0) is 154 Å². The van der Waals surface area contributed by atoms with Crippen molar-refractivity contribution < 1.29 is 75.8 Å². The number of hydrogen-bond acceptors (Lipinski definition) is 14. The standard InChI is InChI=1S/C103H178O16P2/c1-4-7-10-13-16-19-22-25-28-31-34-37-40-42-44-46-47-48-49-51-53-54-57-59-62-65-68-71-74-77-80-83-86-89-101(106)113-92-98(104)93-115-120(109,110)116-94-99(105)95-117-121(111,112)118-97-100(119-103(108)91-88-85-82-79-76-73-70-67-64-61-56-39-36-33-30-27-24-21-18-15-12-9-6-3)96-114-102(107)90-87-84-81-78-75-72-69-66-63-60-58-55-52-50-45-43-41-38-35-32-29-26-23-20-17-14-11-8-5-2/h7,10,16-21,25-30,34-39,42-45,61,64,98-100,104-105H,4-6,8-9,11-15,22-24,31-33,40-41,46-60,62-63,65-97H2,1-3H3,(H,109,110)(H,111,112)/b10-7-,19-16-,20-17-,21-18-,28-25-,29-26-,30-27-,37-34-,38-35-,39-36-,44-42-,45-43-,64-61-. The van der Waals surface area contributed by atoms with E-state index in [1.54, 1.807) is 0 Å². The second-order valence-electron chi connectivity index (χ2n) is 32.5. The van der Waals surface area contributed by atoms with Crippen molar-refractivity contribution in [2.75, 3.05) is 39.6 Å². The van der Waals surface area contributed by atoms with Crippen molar-refractivity contribution in [1.82, 2.24) is 0 Å². The van der Waals surface area contributed by atoms with Crippen LogP contribution in [0.15, 0.2) is 158 Å². The van der Waals surface area contributed by atoms with Crippen LogP contribution in [0, 0.1) is 0 Å². The van der Waals surface area contributed by atoms with E-state index in [1.807, 2.05) is 0 Å². The van der Waals surface area contributed by atoms with Crippen LogP contribution in [-0.4, -0.2) is 95.9 Å². The van der Waals surface area contributed by atoms with Gasteiger partial charge in [-0.1, -0.05) is 403 Å². The summed E-state index contributed by atoms with van der Waals surface area (Å²) in [6, 6.07) is 0. The van der Waals surface area contributed by atoms with E-state index in [2.05, 4.69) is 179 Å². The fourth-order valence-corrected chi connectivity index (χ4v) is 14.9. The molecule has 0 rings (SSSR count). The van der Waals surface area contributed by atoms with Crippen LogP contribution >= 0.6 is 15.6 Å². The maximum absolute atomic E-state index is 13.1. The van der Waals surface area contributed by atoms with Gasteiger partial charge in [0.2, 0.25) is 0 Å². The fourth-order valence-electron chi connectivity index (χ4n) is 13.3. The first-order valence-corrected chi connectivity index (χ1v) is 51.8. The lowest BCUT2D eigenvalue weighted by molar-refractivity contribution is -0.161. The van der Waals surface area contributed by atoms with E-state index in [1.165, 1.54) is 193 Å². The zero-order valence-corrected chi connectivity index (χ0v) is 78.7. The lowest BCUT2D eigenvalue weighted by atomic mass is 10.0. The number of carbonyl (C=O) groups is 3. The first-order chi connectivity index (χ1) is 59.2. The zero-order chi connectivity index (χ0) is 87.9. The fraction of sp³-hybridized carbons (Fsp3) is 0.718. The van der Waals surface area contributed by atoms with Crippen molar-refractivity contribution >= 4 is 33.6 Å². The van der Waals surface area contributed by atoms with E-state index < -0.39 is 91.5 Å². The Bertz CT molecular complexity index is 2830. The number of carbonyl (C=O) groups excluding carboxylic acids is 3. The minimum Gasteiger partial charge on any atom is -0.463 e. The first-order valence-electron chi connectivity index (χ1n) is 48.8. The maximum atomic E-state index is 13.1. The molecular formula is C103H178O16P2. The molecule has 0 fully saturated rings. The molecule has 696 valence electrons. The summed E-state index contributed by atoms with van der Waals surface area (Å²) in [7, 11) is -9.82. The quantitative estimate of drug-likeness (QED) is 0.0146. The molecule has 121 heavy (non-hydrogen) atoms. The van der Waals surface area contributed by atoms with E-state index in [4.69, 9.17) is 32.3 Å². The molecule has 0 radical (unpaired) electrons. The summed E-state index contributed by atoms with van der Waals surface area (Å²) in [4.78, 5) is 59.1. The lowest BCUT2D eigenvalue weighted by Gasteiger charge is -2.21. The third-order valence-corrected chi connectivity index (χ3v) is 22.6. The number of hydrogen-bond donors (Lipinski definition) is 4. The summed E-state index contributed by atoms with van der Waals surface area (Å²) in [5, 5.41) is 20.8. The summed E-state index contributed by atoms with van der Waals surface area (Å²) in [6.45, 7) is 2.56. The van der Waals surface area contributed by atoms with Gasteiger partial charge in [-0.3, -0.25) is 32.5 Å². The third-order valence-electron chi connectivity index (χ3n) is 20.7. The molecule has 0 aliphatic rings. The van der Waals surface area contributed by atoms with E-state index >= 15 is 0 Å². The molecule has 0 aromatic carbocycles. The van der Waals surface area contributed by atoms with Gasteiger partial charge in [0.15, 0.2) is 6.10 Å². The Morgan fingerprint density at radius 3 is 0.694 bits per heavy atom. The minimum atomic E-state index is -4.95. The van der Waals surface area contributed by atoms with Crippen LogP contribution in [0.2, 0.25) is 0 Å². The molecule has 4 N–H and O–H groups in total. The summed E-state index contributed by atoms with van der Waals surface area (Å²) in [5.74, 6) is -1.57. The zero-order valence-electron chi connectivity index (χ0n) is 76.9. The largest absolute Gasteiger partial charge is 0.472 e. The van der Waals surface area contributed by atoms with E-state index in [0.29, 0.717) is 19.3 Å². The molecule has 0 aliphatic carbocycles. The Morgan fingerprint density at radius 2 is 0.438 bits per heavy atom. The Hall–Kier alpha value is -4.83. The van der Waals surface area contributed by atoms with Gasteiger partial charge in [-0.15, -0.1) is 0 Å². The average Bonchev–Trinajstić information content (AvgIpc) is 0.887. The van der Waals surface area contributed by atoms with Crippen LogP contribution in [0.3, 0.4) is 0 Å². The van der Waals surface area contributed by atoms with Crippen molar-refractivity contribution in [3.05, 3.63) is 158 Å². The molecule has 0 amide bonds.